The number of benzene rings is 2. The van der Waals surface area contributed by atoms with Gasteiger partial charge in [-0.25, -0.2) is 8.42 Å². The van der Waals surface area contributed by atoms with Gasteiger partial charge in [0.1, 0.15) is 5.75 Å². The Balaban J connectivity index is 1.77. The molecule has 162 valence electrons. The fourth-order valence-corrected chi connectivity index (χ4v) is 4.75. The van der Waals surface area contributed by atoms with Crippen LogP contribution in [-0.4, -0.2) is 51.5 Å². The predicted molar refractivity (Wildman–Crippen MR) is 114 cm³/mol. The van der Waals surface area contributed by atoms with Crippen molar-refractivity contribution in [1.82, 2.24) is 9.62 Å². The molecule has 1 saturated heterocycles. The van der Waals surface area contributed by atoms with Crippen LogP contribution in [-0.2, 0) is 14.8 Å². The van der Waals surface area contributed by atoms with Crippen LogP contribution >= 0.6 is 0 Å². The van der Waals surface area contributed by atoms with Gasteiger partial charge in [-0.2, -0.15) is 4.31 Å². The lowest BCUT2D eigenvalue weighted by Crippen LogP contribution is -2.40. The SMILES string of the molecule is CCOc1ccc([C@H](C)NC(=O)c2cc(S(=O)(=O)N3CCOCC3)ccc2C)cc1. The molecule has 1 amide bonds. The highest BCUT2D eigenvalue weighted by atomic mass is 32.2. The summed E-state index contributed by atoms with van der Waals surface area (Å²) in [6, 6.07) is 12.0. The number of nitrogens with zero attached hydrogens (tertiary/aromatic N) is 1. The van der Waals surface area contributed by atoms with Crippen LogP contribution in [0.5, 0.6) is 5.75 Å². The largest absolute Gasteiger partial charge is 0.494 e. The van der Waals surface area contributed by atoms with Crippen molar-refractivity contribution in [2.75, 3.05) is 32.9 Å². The van der Waals surface area contributed by atoms with Crippen molar-refractivity contribution < 1.29 is 22.7 Å². The van der Waals surface area contributed by atoms with Gasteiger partial charge in [-0.3, -0.25) is 4.79 Å². The first-order valence-corrected chi connectivity index (χ1v) is 11.5. The molecule has 1 fully saturated rings. The molecule has 0 aliphatic carbocycles. The number of carbonyl (C=O) groups excluding carboxylic acids is 1. The standard InChI is InChI=1S/C22H28N2O5S/c1-4-29-19-8-6-18(7-9-19)17(3)23-22(25)21-15-20(10-5-16(21)2)30(26,27)24-11-13-28-14-12-24/h5-10,15,17H,4,11-14H2,1-3H3,(H,23,25)/t17-/m0/s1. The number of aryl methyl sites for hydroxylation is 1. The monoisotopic (exact) mass is 432 g/mol. The van der Waals surface area contributed by atoms with Gasteiger partial charge in [-0.1, -0.05) is 18.2 Å². The van der Waals surface area contributed by atoms with E-state index in [0.717, 1.165) is 11.3 Å². The number of hydrogen-bond acceptors (Lipinski definition) is 5. The van der Waals surface area contributed by atoms with Crippen LogP contribution in [0.3, 0.4) is 0 Å². The third-order valence-corrected chi connectivity index (χ3v) is 6.99. The van der Waals surface area contributed by atoms with Crippen molar-refractivity contribution in [2.45, 2.75) is 31.7 Å². The van der Waals surface area contributed by atoms with E-state index in [2.05, 4.69) is 5.32 Å². The third kappa shape index (κ3) is 5.00. The van der Waals surface area contributed by atoms with Crippen molar-refractivity contribution >= 4 is 15.9 Å². The minimum absolute atomic E-state index is 0.119. The van der Waals surface area contributed by atoms with E-state index < -0.39 is 10.0 Å². The second kappa shape index (κ2) is 9.59. The summed E-state index contributed by atoms with van der Waals surface area (Å²) in [5.41, 5.74) is 2.00. The van der Waals surface area contributed by atoms with Gasteiger partial charge in [0.25, 0.3) is 5.91 Å². The summed E-state index contributed by atoms with van der Waals surface area (Å²) < 4.78 is 37.9. The van der Waals surface area contributed by atoms with Gasteiger partial charge in [0.05, 0.1) is 30.8 Å². The average molecular weight is 433 g/mol. The molecule has 0 aromatic heterocycles. The normalized spacial score (nSPS) is 16.1. The Bertz CT molecular complexity index is 983. The van der Waals surface area contributed by atoms with Crippen LogP contribution in [0.4, 0.5) is 0 Å². The Kier molecular flexibility index (Phi) is 7.12. The summed E-state index contributed by atoms with van der Waals surface area (Å²) in [5, 5.41) is 2.95. The van der Waals surface area contributed by atoms with Gasteiger partial charge in [0, 0.05) is 18.7 Å². The molecule has 0 spiro atoms. The van der Waals surface area contributed by atoms with Crippen molar-refractivity contribution in [2.24, 2.45) is 0 Å². The van der Waals surface area contributed by atoms with Gasteiger partial charge < -0.3 is 14.8 Å². The highest BCUT2D eigenvalue weighted by Crippen LogP contribution is 2.22. The molecule has 1 N–H and O–H groups in total. The van der Waals surface area contributed by atoms with Crippen LogP contribution in [0.25, 0.3) is 0 Å². The molecule has 30 heavy (non-hydrogen) atoms. The van der Waals surface area contributed by atoms with Crippen molar-refractivity contribution in [3.8, 4) is 5.75 Å². The third-order valence-electron chi connectivity index (χ3n) is 5.10. The molecule has 0 bridgehead atoms. The Hall–Kier alpha value is -2.42. The zero-order valence-corrected chi connectivity index (χ0v) is 18.4. The Morgan fingerprint density at radius 1 is 1.17 bits per heavy atom. The molecule has 0 saturated carbocycles. The zero-order valence-electron chi connectivity index (χ0n) is 17.6. The number of sulfonamides is 1. The van der Waals surface area contributed by atoms with Crippen LogP contribution in [0.1, 0.15) is 41.4 Å². The highest BCUT2D eigenvalue weighted by molar-refractivity contribution is 7.89. The fourth-order valence-electron chi connectivity index (χ4n) is 3.32. The molecule has 1 heterocycles. The lowest BCUT2D eigenvalue weighted by Gasteiger charge is -2.26. The first kappa shape index (κ1) is 22.3. The summed E-state index contributed by atoms with van der Waals surface area (Å²) in [5.74, 6) is 0.463. The summed E-state index contributed by atoms with van der Waals surface area (Å²) >= 11 is 0. The first-order valence-electron chi connectivity index (χ1n) is 10.0. The number of ether oxygens (including phenoxy) is 2. The summed E-state index contributed by atoms with van der Waals surface area (Å²) in [7, 11) is -3.67. The predicted octanol–water partition coefficient (Wildman–Crippen LogP) is 2.91. The molecular weight excluding hydrogens is 404 g/mol. The Labute approximate surface area is 178 Å². The van der Waals surface area contributed by atoms with Crippen LogP contribution in [0, 0.1) is 6.92 Å². The maximum atomic E-state index is 12.9. The molecule has 1 aliphatic rings. The van der Waals surface area contributed by atoms with Crippen LogP contribution in [0.15, 0.2) is 47.4 Å². The second-order valence-corrected chi connectivity index (χ2v) is 9.13. The van der Waals surface area contributed by atoms with E-state index in [-0.39, 0.29) is 16.8 Å². The highest BCUT2D eigenvalue weighted by Gasteiger charge is 2.27. The number of nitrogens with one attached hydrogen (secondary N) is 1. The van der Waals surface area contributed by atoms with Gasteiger partial charge >= 0.3 is 0 Å². The molecule has 7 nitrogen and oxygen atoms in total. The van der Waals surface area contributed by atoms with Crippen molar-refractivity contribution in [3.05, 3.63) is 59.2 Å². The molecule has 1 atom stereocenters. The minimum Gasteiger partial charge on any atom is -0.494 e. The van der Waals surface area contributed by atoms with Gasteiger partial charge in [-0.05, 0) is 56.2 Å². The molecule has 2 aromatic carbocycles. The molecule has 8 heteroatoms. The molecule has 2 aromatic rings. The van der Waals surface area contributed by atoms with Gasteiger partial charge in [0.15, 0.2) is 0 Å². The van der Waals surface area contributed by atoms with E-state index in [4.69, 9.17) is 9.47 Å². The maximum absolute atomic E-state index is 12.9. The number of rotatable bonds is 7. The molecule has 0 radical (unpaired) electrons. The van der Waals surface area contributed by atoms with Gasteiger partial charge in [-0.15, -0.1) is 0 Å². The van der Waals surface area contributed by atoms with Crippen LogP contribution in [0.2, 0.25) is 0 Å². The number of morpholine rings is 1. The van der Waals surface area contributed by atoms with E-state index in [1.807, 2.05) is 38.1 Å². The van der Waals surface area contributed by atoms with Crippen molar-refractivity contribution in [1.29, 1.82) is 0 Å². The van der Waals surface area contributed by atoms with E-state index in [9.17, 15) is 13.2 Å². The van der Waals surface area contributed by atoms with E-state index >= 15 is 0 Å². The van der Waals surface area contributed by atoms with E-state index in [1.165, 1.54) is 10.4 Å². The van der Waals surface area contributed by atoms with Crippen molar-refractivity contribution in [3.63, 3.8) is 0 Å². The zero-order chi connectivity index (χ0) is 21.7. The lowest BCUT2D eigenvalue weighted by atomic mass is 10.1. The number of hydrogen-bond donors (Lipinski definition) is 1. The first-order chi connectivity index (χ1) is 14.3. The maximum Gasteiger partial charge on any atom is 0.252 e. The lowest BCUT2D eigenvalue weighted by molar-refractivity contribution is 0.0730. The number of carbonyl (C=O) groups is 1. The van der Waals surface area contributed by atoms with Gasteiger partial charge in [0.2, 0.25) is 10.0 Å². The molecule has 0 unspecified atom stereocenters. The molecule has 3 rings (SSSR count). The quantitative estimate of drug-likeness (QED) is 0.727. The second-order valence-electron chi connectivity index (χ2n) is 7.19. The smallest absolute Gasteiger partial charge is 0.252 e. The fraction of sp³-hybridized carbons (Fsp3) is 0.409. The summed E-state index contributed by atoms with van der Waals surface area (Å²) in [4.78, 5) is 13.0. The Morgan fingerprint density at radius 3 is 2.47 bits per heavy atom. The molecule has 1 aliphatic heterocycles. The van der Waals surface area contributed by atoms with Crippen LogP contribution < -0.4 is 10.1 Å². The molecular formula is C22H28N2O5S. The minimum atomic E-state index is -3.67. The Morgan fingerprint density at radius 2 is 1.83 bits per heavy atom. The van der Waals surface area contributed by atoms with E-state index in [1.54, 1.807) is 19.1 Å². The summed E-state index contributed by atoms with van der Waals surface area (Å²) in [6.07, 6.45) is 0. The topological polar surface area (TPSA) is 84.9 Å². The number of amides is 1. The van der Waals surface area contributed by atoms with E-state index in [0.29, 0.717) is 44.0 Å². The average Bonchev–Trinajstić information content (AvgIpc) is 2.75. The summed E-state index contributed by atoms with van der Waals surface area (Å²) in [6.45, 7) is 7.56.